The molecular formula is C20H30IN5O3. The first kappa shape index (κ1) is 24.9. The van der Waals surface area contributed by atoms with Crippen LogP contribution in [0.15, 0.2) is 46.1 Å². The van der Waals surface area contributed by atoms with Gasteiger partial charge >= 0.3 is 0 Å². The average Bonchev–Trinajstić information content (AvgIpc) is 3.20. The van der Waals surface area contributed by atoms with Gasteiger partial charge in [-0.25, -0.2) is 4.98 Å². The number of halogens is 1. The Morgan fingerprint density at radius 1 is 1.28 bits per heavy atom. The number of pyridine rings is 1. The number of aliphatic imine (C=N–C) groups is 1. The summed E-state index contributed by atoms with van der Waals surface area (Å²) in [5.41, 5.74) is 1.05. The molecule has 0 atom stereocenters. The maximum Gasteiger partial charge on any atom is 0.227 e. The molecule has 1 amide bonds. The Balaban J connectivity index is 0.00000420. The molecule has 2 heterocycles. The number of anilines is 1. The van der Waals surface area contributed by atoms with Crippen LogP contribution < -0.4 is 16.0 Å². The minimum Gasteiger partial charge on any atom is -0.467 e. The number of amides is 1. The van der Waals surface area contributed by atoms with Crippen LogP contribution in [0.5, 0.6) is 0 Å². The normalized spacial score (nSPS) is 10.9. The van der Waals surface area contributed by atoms with Gasteiger partial charge in [0.05, 0.1) is 6.26 Å². The van der Waals surface area contributed by atoms with Crippen molar-refractivity contribution in [3.63, 3.8) is 0 Å². The number of ether oxygens (including phenoxy) is 1. The van der Waals surface area contributed by atoms with E-state index in [-0.39, 0.29) is 29.9 Å². The molecule has 0 aromatic carbocycles. The van der Waals surface area contributed by atoms with Gasteiger partial charge in [-0.05, 0) is 44.0 Å². The number of aryl methyl sites for hydroxylation is 1. The first-order valence-electron chi connectivity index (χ1n) is 9.52. The van der Waals surface area contributed by atoms with Gasteiger partial charge in [0.25, 0.3) is 0 Å². The van der Waals surface area contributed by atoms with Gasteiger partial charge in [0.15, 0.2) is 5.96 Å². The lowest BCUT2D eigenvalue weighted by atomic mass is 10.3. The SMILES string of the molecule is CCNC(=NCCCOCc1ccco1)NCCC(=O)Nc1ccc(C)cn1.I. The van der Waals surface area contributed by atoms with Crippen molar-refractivity contribution < 1.29 is 13.9 Å². The minimum absolute atomic E-state index is 0. The van der Waals surface area contributed by atoms with E-state index in [1.807, 2.05) is 32.0 Å². The van der Waals surface area contributed by atoms with E-state index in [1.54, 1.807) is 18.5 Å². The van der Waals surface area contributed by atoms with Gasteiger partial charge in [0.1, 0.15) is 18.2 Å². The van der Waals surface area contributed by atoms with Crippen LogP contribution in [-0.4, -0.2) is 43.1 Å². The van der Waals surface area contributed by atoms with Gasteiger partial charge < -0.3 is 25.1 Å². The van der Waals surface area contributed by atoms with Crippen LogP contribution in [0.1, 0.15) is 31.1 Å². The van der Waals surface area contributed by atoms with Crippen molar-refractivity contribution >= 4 is 41.7 Å². The van der Waals surface area contributed by atoms with E-state index in [0.29, 0.717) is 44.5 Å². The van der Waals surface area contributed by atoms with E-state index in [1.165, 1.54) is 0 Å². The maximum atomic E-state index is 12.0. The third kappa shape index (κ3) is 10.8. The molecule has 2 aromatic rings. The summed E-state index contributed by atoms with van der Waals surface area (Å²) in [7, 11) is 0. The molecule has 0 unspecified atom stereocenters. The number of hydrogen-bond donors (Lipinski definition) is 3. The van der Waals surface area contributed by atoms with E-state index in [9.17, 15) is 4.79 Å². The third-order valence-corrected chi connectivity index (χ3v) is 3.71. The van der Waals surface area contributed by atoms with Crippen molar-refractivity contribution in [3.05, 3.63) is 48.0 Å². The molecule has 8 nitrogen and oxygen atoms in total. The number of furan rings is 1. The fraction of sp³-hybridized carbons (Fsp3) is 0.450. The third-order valence-electron chi connectivity index (χ3n) is 3.71. The number of rotatable bonds is 11. The quantitative estimate of drug-likeness (QED) is 0.184. The first-order chi connectivity index (χ1) is 13.7. The van der Waals surface area contributed by atoms with Crippen LogP contribution in [0.2, 0.25) is 0 Å². The van der Waals surface area contributed by atoms with Crippen molar-refractivity contribution in [1.82, 2.24) is 15.6 Å². The van der Waals surface area contributed by atoms with Crippen LogP contribution in [0, 0.1) is 6.92 Å². The summed E-state index contributed by atoms with van der Waals surface area (Å²) < 4.78 is 10.7. The molecular weight excluding hydrogens is 485 g/mol. The zero-order valence-corrected chi connectivity index (χ0v) is 19.3. The zero-order chi connectivity index (χ0) is 20.0. The molecule has 0 aliphatic carbocycles. The van der Waals surface area contributed by atoms with Gasteiger partial charge in [-0.3, -0.25) is 9.79 Å². The first-order valence-corrected chi connectivity index (χ1v) is 9.52. The van der Waals surface area contributed by atoms with Crippen LogP contribution >= 0.6 is 24.0 Å². The number of carbonyl (C=O) groups is 1. The summed E-state index contributed by atoms with van der Waals surface area (Å²) >= 11 is 0. The van der Waals surface area contributed by atoms with Crippen molar-refractivity contribution in [2.45, 2.75) is 33.3 Å². The Morgan fingerprint density at radius 3 is 2.83 bits per heavy atom. The van der Waals surface area contributed by atoms with Crippen molar-refractivity contribution in [1.29, 1.82) is 0 Å². The van der Waals surface area contributed by atoms with E-state index in [2.05, 4.69) is 25.9 Å². The van der Waals surface area contributed by atoms with Crippen molar-refractivity contribution in [2.75, 3.05) is 31.6 Å². The van der Waals surface area contributed by atoms with Gasteiger partial charge in [0, 0.05) is 38.9 Å². The number of hydrogen-bond acceptors (Lipinski definition) is 5. The number of carbonyl (C=O) groups excluding carboxylic acids is 1. The van der Waals surface area contributed by atoms with Gasteiger partial charge in [-0.1, -0.05) is 6.07 Å². The standard InChI is InChI=1S/C20H29N5O3.HI/c1-3-21-20(22-10-5-12-27-15-17-6-4-13-28-17)23-11-9-19(26)25-18-8-7-16(2)14-24-18;/h4,6-8,13-14H,3,5,9-12,15H2,1-2H3,(H2,21,22,23)(H,24,25,26);1H. The van der Waals surface area contributed by atoms with Gasteiger partial charge in [-0.2, -0.15) is 0 Å². The van der Waals surface area contributed by atoms with E-state index >= 15 is 0 Å². The maximum absolute atomic E-state index is 12.0. The van der Waals surface area contributed by atoms with Gasteiger partial charge in [-0.15, -0.1) is 24.0 Å². The molecule has 0 saturated carbocycles. The second kappa shape index (κ2) is 14.8. The Bertz CT molecular complexity index is 720. The zero-order valence-electron chi connectivity index (χ0n) is 16.9. The molecule has 0 bridgehead atoms. The largest absolute Gasteiger partial charge is 0.467 e. The Hall–Kier alpha value is -2.14. The highest BCUT2D eigenvalue weighted by molar-refractivity contribution is 14.0. The van der Waals surface area contributed by atoms with E-state index < -0.39 is 0 Å². The minimum atomic E-state index is -0.0916. The fourth-order valence-electron chi connectivity index (χ4n) is 2.31. The Kier molecular flexibility index (Phi) is 12.7. The molecule has 29 heavy (non-hydrogen) atoms. The Labute approximate surface area is 188 Å². The summed E-state index contributed by atoms with van der Waals surface area (Å²) in [6.45, 7) is 6.90. The molecule has 2 aromatic heterocycles. The molecule has 3 N–H and O–H groups in total. The second-order valence-corrected chi connectivity index (χ2v) is 6.19. The summed E-state index contributed by atoms with van der Waals surface area (Å²) in [6, 6.07) is 7.43. The van der Waals surface area contributed by atoms with Gasteiger partial charge in [0.2, 0.25) is 5.91 Å². The summed E-state index contributed by atoms with van der Waals surface area (Å²) in [5.74, 6) is 1.98. The van der Waals surface area contributed by atoms with Crippen LogP contribution in [0.4, 0.5) is 5.82 Å². The smallest absolute Gasteiger partial charge is 0.227 e. The predicted octanol–water partition coefficient (Wildman–Crippen LogP) is 3.09. The topological polar surface area (TPSA) is 101 Å². The molecule has 0 fully saturated rings. The molecule has 0 spiro atoms. The molecule has 0 aliphatic heterocycles. The molecule has 0 aliphatic rings. The van der Waals surface area contributed by atoms with Crippen molar-refractivity contribution in [2.24, 2.45) is 4.99 Å². The number of nitrogens with one attached hydrogen (secondary N) is 3. The molecule has 0 radical (unpaired) electrons. The molecule has 9 heteroatoms. The summed E-state index contributed by atoms with van der Waals surface area (Å²) in [6.07, 6.45) is 4.49. The second-order valence-electron chi connectivity index (χ2n) is 6.19. The lowest BCUT2D eigenvalue weighted by Gasteiger charge is -2.11. The number of aromatic nitrogens is 1. The Morgan fingerprint density at radius 2 is 2.14 bits per heavy atom. The monoisotopic (exact) mass is 515 g/mol. The highest BCUT2D eigenvalue weighted by Gasteiger charge is 2.04. The molecule has 0 saturated heterocycles. The predicted molar refractivity (Wildman–Crippen MR) is 125 cm³/mol. The molecule has 160 valence electrons. The lowest BCUT2D eigenvalue weighted by Crippen LogP contribution is -2.38. The number of nitrogens with zero attached hydrogens (tertiary/aromatic N) is 2. The lowest BCUT2D eigenvalue weighted by molar-refractivity contribution is -0.116. The van der Waals surface area contributed by atoms with E-state index in [0.717, 1.165) is 24.3 Å². The fourth-order valence-corrected chi connectivity index (χ4v) is 2.31. The summed E-state index contributed by atoms with van der Waals surface area (Å²) in [4.78, 5) is 20.6. The van der Waals surface area contributed by atoms with Crippen LogP contribution in [-0.2, 0) is 16.1 Å². The van der Waals surface area contributed by atoms with E-state index in [4.69, 9.17) is 9.15 Å². The highest BCUT2D eigenvalue weighted by atomic mass is 127. The average molecular weight is 515 g/mol. The van der Waals surface area contributed by atoms with Crippen molar-refractivity contribution in [3.8, 4) is 0 Å². The highest BCUT2D eigenvalue weighted by Crippen LogP contribution is 2.04. The molecule has 2 rings (SSSR count). The number of guanidine groups is 1. The van der Waals surface area contributed by atoms with Crippen LogP contribution in [0.25, 0.3) is 0 Å². The van der Waals surface area contributed by atoms with Crippen LogP contribution in [0.3, 0.4) is 0 Å². The summed E-state index contributed by atoms with van der Waals surface area (Å²) in [5, 5.41) is 9.10.